The molecule has 0 atom stereocenters. The van der Waals surface area contributed by atoms with Crippen molar-refractivity contribution in [3.63, 3.8) is 0 Å². The smallest absolute Gasteiger partial charge is 0.203 e. The number of ether oxygens (including phenoxy) is 3. The number of nitrogens with zero attached hydrogens (tertiary/aromatic N) is 4. The molecule has 5 aromatic rings. The van der Waals surface area contributed by atoms with E-state index >= 15 is 0 Å². The summed E-state index contributed by atoms with van der Waals surface area (Å²) in [5, 5.41) is 9.40. The van der Waals surface area contributed by atoms with Crippen LogP contribution in [-0.2, 0) is 0 Å². The van der Waals surface area contributed by atoms with E-state index in [0.29, 0.717) is 22.9 Å². The Labute approximate surface area is 193 Å². The number of hydrogen-bond donors (Lipinski definition) is 0. The molecule has 3 aromatic carbocycles. The molecule has 2 aromatic heterocycles. The Balaban J connectivity index is 1.44. The Kier molecular flexibility index (Phi) is 5.39. The van der Waals surface area contributed by atoms with Gasteiger partial charge in [-0.15, -0.1) is 16.4 Å². The Morgan fingerprint density at radius 1 is 0.848 bits per heavy atom. The van der Waals surface area contributed by atoms with Crippen molar-refractivity contribution in [2.45, 2.75) is 0 Å². The molecule has 0 bridgehead atoms. The van der Waals surface area contributed by atoms with E-state index in [1.807, 2.05) is 42.6 Å². The van der Waals surface area contributed by atoms with E-state index < -0.39 is 0 Å². The number of halogens is 1. The maximum Gasteiger partial charge on any atom is 0.203 e. The largest absolute Gasteiger partial charge is 0.493 e. The van der Waals surface area contributed by atoms with Crippen LogP contribution in [0.4, 0.5) is 4.39 Å². The minimum atomic E-state index is -0.262. The lowest BCUT2D eigenvalue weighted by molar-refractivity contribution is 0.324. The molecule has 0 aliphatic heterocycles. The molecular weight excluding hydrogens is 443 g/mol. The number of benzene rings is 3. The fourth-order valence-corrected chi connectivity index (χ4v) is 4.53. The summed E-state index contributed by atoms with van der Waals surface area (Å²) in [4.78, 5) is 4.60. The third-order valence-corrected chi connectivity index (χ3v) is 6.25. The molecule has 166 valence electrons. The number of methoxy groups -OCH3 is 3. The van der Waals surface area contributed by atoms with Crippen molar-refractivity contribution in [2.75, 3.05) is 21.3 Å². The number of thiazole rings is 1. The lowest BCUT2D eigenvalue weighted by Gasteiger charge is -2.13. The maximum absolute atomic E-state index is 13.5. The highest BCUT2D eigenvalue weighted by Crippen LogP contribution is 2.40. The summed E-state index contributed by atoms with van der Waals surface area (Å²) in [5.41, 5.74) is 4.02. The summed E-state index contributed by atoms with van der Waals surface area (Å²) in [5.74, 6) is 1.34. The van der Waals surface area contributed by atoms with Crippen LogP contribution in [0.5, 0.6) is 17.2 Å². The van der Waals surface area contributed by atoms with Gasteiger partial charge in [0.25, 0.3) is 0 Å². The molecular formula is C24H19FN4O3S. The Morgan fingerprint density at radius 2 is 1.58 bits per heavy atom. The Bertz CT molecular complexity index is 1420. The predicted molar refractivity (Wildman–Crippen MR) is 125 cm³/mol. The van der Waals surface area contributed by atoms with Crippen molar-refractivity contribution >= 4 is 21.6 Å². The molecule has 0 saturated carbocycles. The summed E-state index contributed by atoms with van der Waals surface area (Å²) >= 11 is 1.46. The lowest BCUT2D eigenvalue weighted by atomic mass is 10.1. The number of rotatable bonds is 6. The molecule has 0 aliphatic rings. The third kappa shape index (κ3) is 3.87. The normalized spacial score (nSPS) is 11.0. The molecule has 0 saturated heterocycles. The third-order valence-electron chi connectivity index (χ3n) is 5.18. The maximum atomic E-state index is 13.5. The van der Waals surface area contributed by atoms with Gasteiger partial charge in [-0.1, -0.05) is 5.21 Å². The molecule has 0 N–H and O–H groups in total. The zero-order chi connectivity index (χ0) is 22.9. The minimum absolute atomic E-state index is 0.262. The van der Waals surface area contributed by atoms with Gasteiger partial charge in [-0.05, 0) is 54.6 Å². The van der Waals surface area contributed by atoms with Crippen molar-refractivity contribution in [3.05, 3.63) is 66.6 Å². The highest BCUT2D eigenvalue weighted by atomic mass is 32.1. The van der Waals surface area contributed by atoms with Gasteiger partial charge < -0.3 is 14.2 Å². The van der Waals surface area contributed by atoms with Gasteiger partial charge in [0.2, 0.25) is 5.75 Å². The van der Waals surface area contributed by atoms with Gasteiger partial charge in [0.05, 0.1) is 43.4 Å². The molecule has 2 heterocycles. The van der Waals surface area contributed by atoms with E-state index in [9.17, 15) is 4.39 Å². The van der Waals surface area contributed by atoms with Crippen LogP contribution in [0.15, 0.2) is 60.8 Å². The Hall–Kier alpha value is -3.98. The van der Waals surface area contributed by atoms with E-state index in [2.05, 4.69) is 15.3 Å². The van der Waals surface area contributed by atoms with Gasteiger partial charge in [0, 0.05) is 11.1 Å². The molecule has 0 fully saturated rings. The lowest BCUT2D eigenvalue weighted by Crippen LogP contribution is -1.95. The first-order valence-electron chi connectivity index (χ1n) is 9.99. The molecule has 0 aliphatic carbocycles. The Morgan fingerprint density at radius 3 is 2.24 bits per heavy atom. The summed E-state index contributed by atoms with van der Waals surface area (Å²) in [7, 11) is 4.70. The second-order valence-corrected chi connectivity index (χ2v) is 8.17. The minimum Gasteiger partial charge on any atom is -0.493 e. The zero-order valence-corrected chi connectivity index (χ0v) is 18.9. The topological polar surface area (TPSA) is 71.3 Å². The average Bonchev–Trinajstić information content (AvgIpc) is 3.50. The second kappa shape index (κ2) is 8.51. The molecule has 5 rings (SSSR count). The van der Waals surface area contributed by atoms with Gasteiger partial charge in [-0.2, -0.15) is 0 Å². The number of fused-ring (bicyclic) bond motifs is 1. The molecule has 9 heteroatoms. The van der Waals surface area contributed by atoms with Crippen LogP contribution < -0.4 is 14.2 Å². The fourth-order valence-electron chi connectivity index (χ4n) is 3.53. The van der Waals surface area contributed by atoms with Gasteiger partial charge >= 0.3 is 0 Å². The van der Waals surface area contributed by atoms with E-state index in [1.165, 1.54) is 23.5 Å². The molecule has 0 radical (unpaired) electrons. The first-order chi connectivity index (χ1) is 16.1. The zero-order valence-electron chi connectivity index (χ0n) is 18.1. The predicted octanol–water partition coefficient (Wildman–Crippen LogP) is 5.38. The first-order valence-corrected chi connectivity index (χ1v) is 10.8. The van der Waals surface area contributed by atoms with Crippen LogP contribution in [0.25, 0.3) is 37.7 Å². The highest BCUT2D eigenvalue weighted by molar-refractivity contribution is 7.21. The van der Waals surface area contributed by atoms with E-state index in [4.69, 9.17) is 14.2 Å². The van der Waals surface area contributed by atoms with Crippen molar-refractivity contribution in [1.29, 1.82) is 0 Å². The van der Waals surface area contributed by atoms with Crippen molar-refractivity contribution in [3.8, 4) is 44.8 Å². The quantitative estimate of drug-likeness (QED) is 0.338. The number of hydrogen-bond acceptors (Lipinski definition) is 7. The summed E-state index contributed by atoms with van der Waals surface area (Å²) < 4.78 is 32.2. The average molecular weight is 463 g/mol. The molecule has 0 amide bonds. The standard InChI is InChI=1S/C24H19FN4O3S/c1-30-20-10-15(11-21(31-2)23(20)32-3)19-13-29(28-27-19)17-7-4-14(5-8-17)24-26-18-9-6-16(25)12-22(18)33-24/h4-13H,1-3H3. The van der Waals surface area contributed by atoms with E-state index in [0.717, 1.165) is 32.0 Å². The van der Waals surface area contributed by atoms with Crippen LogP contribution in [0.3, 0.4) is 0 Å². The summed E-state index contributed by atoms with van der Waals surface area (Å²) in [6.45, 7) is 0. The van der Waals surface area contributed by atoms with Gasteiger partial charge in [-0.25, -0.2) is 14.1 Å². The van der Waals surface area contributed by atoms with E-state index in [-0.39, 0.29) is 5.82 Å². The first kappa shape index (κ1) is 20.9. The van der Waals surface area contributed by atoms with Crippen molar-refractivity contribution in [1.82, 2.24) is 20.0 Å². The van der Waals surface area contributed by atoms with Gasteiger partial charge in [0.15, 0.2) is 11.5 Å². The van der Waals surface area contributed by atoms with Gasteiger partial charge in [-0.3, -0.25) is 0 Å². The number of aromatic nitrogens is 4. The molecule has 0 unspecified atom stereocenters. The van der Waals surface area contributed by atoms with Crippen molar-refractivity contribution in [2.24, 2.45) is 0 Å². The van der Waals surface area contributed by atoms with Crippen LogP contribution in [0.1, 0.15) is 0 Å². The van der Waals surface area contributed by atoms with Crippen molar-refractivity contribution < 1.29 is 18.6 Å². The second-order valence-electron chi connectivity index (χ2n) is 7.14. The highest BCUT2D eigenvalue weighted by Gasteiger charge is 2.16. The monoisotopic (exact) mass is 462 g/mol. The molecule has 7 nitrogen and oxygen atoms in total. The van der Waals surface area contributed by atoms with Crippen LogP contribution in [-0.4, -0.2) is 41.3 Å². The molecule has 33 heavy (non-hydrogen) atoms. The van der Waals surface area contributed by atoms with E-state index in [1.54, 1.807) is 32.1 Å². The SMILES string of the molecule is COc1cc(-c2cn(-c3ccc(-c4nc5ccc(F)cc5s4)cc3)nn2)cc(OC)c1OC. The molecule has 0 spiro atoms. The summed E-state index contributed by atoms with van der Waals surface area (Å²) in [6, 6.07) is 16.1. The van der Waals surface area contributed by atoms with Crippen LogP contribution in [0, 0.1) is 5.82 Å². The fraction of sp³-hybridized carbons (Fsp3) is 0.125. The van der Waals surface area contributed by atoms with Gasteiger partial charge in [0.1, 0.15) is 16.5 Å². The summed E-state index contributed by atoms with van der Waals surface area (Å²) in [6.07, 6.45) is 1.83. The van der Waals surface area contributed by atoms with Crippen LogP contribution in [0.2, 0.25) is 0 Å². The van der Waals surface area contributed by atoms with Crippen LogP contribution >= 0.6 is 11.3 Å².